The summed E-state index contributed by atoms with van der Waals surface area (Å²) < 4.78 is 26.4. The normalized spacial score (nSPS) is 29.2. The van der Waals surface area contributed by atoms with Gasteiger partial charge >= 0.3 is 0 Å². The second kappa shape index (κ2) is 6.49. The first-order valence-electron chi connectivity index (χ1n) is 8.82. The van der Waals surface area contributed by atoms with Crippen LogP contribution in [0.5, 0.6) is 0 Å². The van der Waals surface area contributed by atoms with Gasteiger partial charge in [-0.15, -0.1) is 0 Å². The second-order valence-electron chi connectivity index (χ2n) is 7.10. The van der Waals surface area contributed by atoms with Gasteiger partial charge in [0.2, 0.25) is 5.95 Å². The molecule has 1 atom stereocenters. The number of morpholine rings is 1. The third kappa shape index (κ3) is 3.20. The largest absolute Gasteiger partial charge is 0.376 e. The van der Waals surface area contributed by atoms with Crippen molar-refractivity contribution in [3.05, 3.63) is 18.5 Å². The highest BCUT2D eigenvalue weighted by molar-refractivity contribution is 5.86. The molecule has 3 fully saturated rings. The van der Waals surface area contributed by atoms with Crippen LogP contribution in [0.25, 0.3) is 0 Å². The van der Waals surface area contributed by atoms with Crippen LogP contribution >= 0.6 is 0 Å². The summed E-state index contributed by atoms with van der Waals surface area (Å²) in [6, 6.07) is 1.77. The van der Waals surface area contributed by atoms with Gasteiger partial charge in [-0.3, -0.25) is 4.79 Å². The van der Waals surface area contributed by atoms with Crippen molar-refractivity contribution in [2.75, 3.05) is 50.9 Å². The number of ether oxygens (including phenoxy) is 2. The Balaban J connectivity index is 1.51. The smallest absolute Gasteiger partial charge is 0.260 e. The molecular formula is C17H23FN4O3. The Morgan fingerprint density at radius 2 is 1.96 bits per heavy atom. The van der Waals surface area contributed by atoms with Gasteiger partial charge in [0.25, 0.3) is 5.91 Å². The molecule has 0 N–H and O–H groups in total. The molecule has 7 nitrogen and oxygen atoms in total. The second-order valence-corrected chi connectivity index (χ2v) is 7.10. The van der Waals surface area contributed by atoms with E-state index in [1.165, 1.54) is 0 Å². The number of rotatable bonds is 2. The van der Waals surface area contributed by atoms with Crippen LogP contribution in [0.4, 0.5) is 10.3 Å². The van der Waals surface area contributed by atoms with Crippen LogP contribution in [0.3, 0.4) is 0 Å². The fraction of sp³-hybridized carbons (Fsp3) is 0.706. The van der Waals surface area contributed by atoms with Crippen molar-refractivity contribution >= 4 is 11.9 Å². The van der Waals surface area contributed by atoms with Gasteiger partial charge < -0.3 is 19.3 Å². The maximum atomic E-state index is 14.6. The molecule has 1 aromatic rings. The lowest BCUT2D eigenvalue weighted by Gasteiger charge is -2.46. The van der Waals surface area contributed by atoms with E-state index in [1.807, 2.05) is 4.90 Å². The van der Waals surface area contributed by atoms with E-state index in [2.05, 4.69) is 9.97 Å². The minimum Gasteiger partial charge on any atom is -0.376 e. The van der Waals surface area contributed by atoms with E-state index in [-0.39, 0.29) is 0 Å². The van der Waals surface area contributed by atoms with E-state index >= 15 is 0 Å². The average molecular weight is 350 g/mol. The molecule has 2 aliphatic heterocycles. The molecule has 1 saturated carbocycles. The van der Waals surface area contributed by atoms with E-state index in [4.69, 9.17) is 9.47 Å². The molecule has 0 bridgehead atoms. The summed E-state index contributed by atoms with van der Waals surface area (Å²) in [5.41, 5.74) is -2.35. The van der Waals surface area contributed by atoms with Crippen molar-refractivity contribution in [2.24, 2.45) is 0 Å². The summed E-state index contributed by atoms with van der Waals surface area (Å²) in [4.78, 5) is 24.8. The molecule has 8 heteroatoms. The highest BCUT2D eigenvalue weighted by atomic mass is 19.1. The molecule has 3 aliphatic rings. The van der Waals surface area contributed by atoms with Crippen LogP contribution in [-0.4, -0.2) is 78.0 Å². The molecule has 1 aromatic heterocycles. The SMILES string of the molecule is O=C(N1CCOC2(COCCN(c3ncccn3)C2)C1)C1(F)CCC1. The number of hydrogen-bond donors (Lipinski definition) is 0. The van der Waals surface area contributed by atoms with Crippen molar-refractivity contribution in [2.45, 2.75) is 30.5 Å². The quantitative estimate of drug-likeness (QED) is 0.786. The molecule has 0 aromatic carbocycles. The number of aromatic nitrogens is 2. The monoisotopic (exact) mass is 350 g/mol. The summed E-state index contributed by atoms with van der Waals surface area (Å²) in [5.74, 6) is 0.216. The number of anilines is 1. The fourth-order valence-electron chi connectivity index (χ4n) is 3.72. The number of hydrogen-bond acceptors (Lipinski definition) is 6. The third-order valence-electron chi connectivity index (χ3n) is 5.25. The van der Waals surface area contributed by atoms with Gasteiger partial charge in [0.05, 0.1) is 32.9 Å². The number of nitrogens with zero attached hydrogens (tertiary/aromatic N) is 4. The maximum absolute atomic E-state index is 14.6. The lowest BCUT2D eigenvalue weighted by Crippen LogP contribution is -2.63. The van der Waals surface area contributed by atoms with Crippen LogP contribution in [0.1, 0.15) is 19.3 Å². The minimum atomic E-state index is -1.67. The van der Waals surface area contributed by atoms with Gasteiger partial charge in [-0.2, -0.15) is 0 Å². The van der Waals surface area contributed by atoms with Gasteiger partial charge in [-0.1, -0.05) is 0 Å². The van der Waals surface area contributed by atoms with Gasteiger partial charge in [0, 0.05) is 25.5 Å². The van der Waals surface area contributed by atoms with E-state index < -0.39 is 17.2 Å². The van der Waals surface area contributed by atoms with Crippen molar-refractivity contribution in [1.82, 2.24) is 14.9 Å². The highest BCUT2D eigenvalue weighted by Crippen LogP contribution is 2.38. The molecule has 2 saturated heterocycles. The first-order chi connectivity index (χ1) is 12.1. The Bertz CT molecular complexity index is 628. The van der Waals surface area contributed by atoms with Gasteiger partial charge in [-0.05, 0) is 25.3 Å². The molecule has 1 unspecified atom stereocenters. The van der Waals surface area contributed by atoms with Crippen LogP contribution in [0.2, 0.25) is 0 Å². The number of amides is 1. The summed E-state index contributed by atoms with van der Waals surface area (Å²) in [7, 11) is 0. The lowest BCUT2D eigenvalue weighted by molar-refractivity contribution is -0.171. The zero-order valence-corrected chi connectivity index (χ0v) is 14.2. The van der Waals surface area contributed by atoms with E-state index in [9.17, 15) is 9.18 Å². The Hall–Kier alpha value is -1.80. The van der Waals surface area contributed by atoms with Crippen LogP contribution < -0.4 is 4.90 Å². The third-order valence-corrected chi connectivity index (χ3v) is 5.25. The Morgan fingerprint density at radius 3 is 2.68 bits per heavy atom. The van der Waals surface area contributed by atoms with E-state index in [0.29, 0.717) is 64.8 Å². The Kier molecular flexibility index (Phi) is 4.33. The molecule has 0 radical (unpaired) electrons. The van der Waals surface area contributed by atoms with Crippen LogP contribution in [-0.2, 0) is 14.3 Å². The van der Waals surface area contributed by atoms with Crippen molar-refractivity contribution < 1.29 is 18.7 Å². The molecule has 1 spiro atoms. The van der Waals surface area contributed by atoms with Crippen molar-refractivity contribution in [3.63, 3.8) is 0 Å². The van der Waals surface area contributed by atoms with Gasteiger partial charge in [0.1, 0.15) is 5.60 Å². The number of carbonyl (C=O) groups is 1. The van der Waals surface area contributed by atoms with Crippen molar-refractivity contribution in [3.8, 4) is 0 Å². The van der Waals surface area contributed by atoms with Crippen LogP contribution in [0.15, 0.2) is 18.5 Å². The molecule has 25 heavy (non-hydrogen) atoms. The zero-order valence-electron chi connectivity index (χ0n) is 14.2. The number of alkyl halides is 1. The first-order valence-corrected chi connectivity index (χ1v) is 8.82. The topological polar surface area (TPSA) is 67.8 Å². The standard InChI is InChI=1S/C17H23FN4O3/c18-17(3-1-4-17)14(23)21-8-10-25-16(11-21)12-22(7-9-24-13-16)15-19-5-2-6-20-15/h2,5-6H,1,3-4,7-13H2. The molecular weight excluding hydrogens is 327 g/mol. The zero-order chi connectivity index (χ0) is 17.3. The summed E-state index contributed by atoms with van der Waals surface area (Å²) in [5, 5.41) is 0. The fourth-order valence-corrected chi connectivity index (χ4v) is 3.72. The first kappa shape index (κ1) is 16.7. The molecule has 136 valence electrons. The summed E-state index contributed by atoms with van der Waals surface area (Å²) in [6.45, 7) is 3.21. The molecule has 1 amide bonds. The van der Waals surface area contributed by atoms with Crippen molar-refractivity contribution in [1.29, 1.82) is 0 Å². The van der Waals surface area contributed by atoms with Crippen LogP contribution in [0, 0.1) is 0 Å². The Morgan fingerprint density at radius 1 is 1.16 bits per heavy atom. The minimum absolute atomic E-state index is 0.330. The molecule has 3 heterocycles. The summed E-state index contributed by atoms with van der Waals surface area (Å²) >= 11 is 0. The Labute approximate surface area is 146 Å². The van der Waals surface area contributed by atoms with Gasteiger partial charge in [-0.25, -0.2) is 14.4 Å². The predicted molar refractivity (Wildman–Crippen MR) is 88.0 cm³/mol. The van der Waals surface area contributed by atoms with Gasteiger partial charge in [0.15, 0.2) is 5.67 Å². The maximum Gasteiger partial charge on any atom is 0.260 e. The number of halogens is 1. The van der Waals surface area contributed by atoms with E-state index in [1.54, 1.807) is 23.4 Å². The average Bonchev–Trinajstić information content (AvgIpc) is 2.82. The molecule has 1 aliphatic carbocycles. The number of carbonyl (C=O) groups excluding carboxylic acids is 1. The summed E-state index contributed by atoms with van der Waals surface area (Å²) in [6.07, 6.45) is 4.83. The lowest BCUT2D eigenvalue weighted by atomic mass is 9.80. The predicted octanol–water partition coefficient (Wildman–Crippen LogP) is 0.803. The molecule has 4 rings (SSSR count). The van der Waals surface area contributed by atoms with E-state index in [0.717, 1.165) is 6.42 Å². The highest BCUT2D eigenvalue weighted by Gasteiger charge is 2.50.